The molecule has 0 fully saturated rings. The van der Waals surface area contributed by atoms with E-state index in [-0.39, 0.29) is 0 Å². The summed E-state index contributed by atoms with van der Waals surface area (Å²) < 4.78 is 0. The van der Waals surface area contributed by atoms with Gasteiger partial charge in [0.15, 0.2) is 0 Å². The fourth-order valence-electron chi connectivity index (χ4n) is 4.12. The summed E-state index contributed by atoms with van der Waals surface area (Å²) in [6.45, 7) is 0. The van der Waals surface area contributed by atoms with Crippen LogP contribution < -0.4 is 16.0 Å². The summed E-state index contributed by atoms with van der Waals surface area (Å²) in [7, 11) is 0. The molecule has 9 heteroatoms. The molecule has 4 N–H and O–H groups in total. The predicted octanol–water partition coefficient (Wildman–Crippen LogP) is 5.23. The lowest BCUT2D eigenvalue weighted by atomic mass is 9.96. The third-order valence-electron chi connectivity index (χ3n) is 5.80. The zero-order valence-electron chi connectivity index (χ0n) is 19.4. The van der Waals surface area contributed by atoms with Crippen molar-refractivity contribution in [1.82, 2.24) is 9.97 Å². The molecule has 0 saturated heterocycles. The van der Waals surface area contributed by atoms with E-state index >= 15 is 0 Å². The van der Waals surface area contributed by atoms with Crippen LogP contribution in [0.3, 0.4) is 0 Å². The van der Waals surface area contributed by atoms with Crippen molar-refractivity contribution in [2.24, 2.45) is 0 Å². The SMILES string of the molecule is O=C(O)Nc1ccc(C(C(=O)Nc2cccc3cccnc23)C(=O)Nc2cccc3cccnc23)cc1. The molecule has 0 spiro atoms. The summed E-state index contributed by atoms with van der Waals surface area (Å²) in [6.07, 6.45) is 2.04. The van der Waals surface area contributed by atoms with E-state index in [1.165, 1.54) is 24.3 Å². The number of carboxylic acid groups (broad SMARTS) is 1. The van der Waals surface area contributed by atoms with Gasteiger partial charge >= 0.3 is 6.09 Å². The van der Waals surface area contributed by atoms with E-state index in [0.29, 0.717) is 33.7 Å². The molecule has 0 aliphatic heterocycles. The van der Waals surface area contributed by atoms with Crippen LogP contribution in [0.2, 0.25) is 0 Å². The second-order valence-electron chi connectivity index (χ2n) is 8.23. The minimum atomic E-state index is -1.25. The zero-order valence-corrected chi connectivity index (χ0v) is 19.4. The quantitative estimate of drug-likeness (QED) is 0.240. The highest BCUT2D eigenvalue weighted by atomic mass is 16.4. The molecule has 0 radical (unpaired) electrons. The Morgan fingerprint density at radius 2 is 1.11 bits per heavy atom. The molecule has 5 rings (SSSR count). The number of nitrogens with one attached hydrogen (secondary N) is 3. The maximum atomic E-state index is 13.6. The van der Waals surface area contributed by atoms with Crippen LogP contribution in [-0.4, -0.2) is 33.0 Å². The summed E-state index contributed by atoms with van der Waals surface area (Å²) in [5.41, 5.74) is 2.82. The van der Waals surface area contributed by atoms with Crippen molar-refractivity contribution in [2.75, 3.05) is 16.0 Å². The molecule has 3 amide bonds. The standard InChI is InChI=1S/C28H21N5O4/c34-26(32-21-9-1-5-18-7-3-15-29-24(18)21)23(17-11-13-20(14-12-17)31-28(36)37)27(35)33-22-10-2-6-19-8-4-16-30-25(19)22/h1-16,23,31H,(H,32,34)(H,33,35)(H,36,37). The van der Waals surface area contributed by atoms with Gasteiger partial charge in [-0.3, -0.25) is 24.9 Å². The summed E-state index contributed by atoms with van der Waals surface area (Å²) in [4.78, 5) is 46.9. The Labute approximate surface area is 211 Å². The second kappa shape index (κ2) is 10.1. The fourth-order valence-corrected chi connectivity index (χ4v) is 4.12. The Kier molecular flexibility index (Phi) is 6.41. The summed E-state index contributed by atoms with van der Waals surface area (Å²) in [6, 6.07) is 24.2. The molecule has 9 nitrogen and oxygen atoms in total. The molecule has 37 heavy (non-hydrogen) atoms. The zero-order chi connectivity index (χ0) is 25.8. The van der Waals surface area contributed by atoms with Crippen LogP contribution in [0.4, 0.5) is 21.9 Å². The van der Waals surface area contributed by atoms with E-state index in [4.69, 9.17) is 5.11 Å². The van der Waals surface area contributed by atoms with E-state index in [1.54, 1.807) is 48.8 Å². The van der Waals surface area contributed by atoms with Gasteiger partial charge in [0.05, 0.1) is 22.4 Å². The van der Waals surface area contributed by atoms with Crippen LogP contribution in [0.25, 0.3) is 21.8 Å². The smallest absolute Gasteiger partial charge is 0.409 e. The average molecular weight is 492 g/mol. The van der Waals surface area contributed by atoms with Gasteiger partial charge in [-0.1, -0.05) is 48.5 Å². The van der Waals surface area contributed by atoms with E-state index in [2.05, 4.69) is 25.9 Å². The van der Waals surface area contributed by atoms with Crippen LogP contribution in [0.5, 0.6) is 0 Å². The predicted molar refractivity (Wildman–Crippen MR) is 142 cm³/mol. The van der Waals surface area contributed by atoms with E-state index in [9.17, 15) is 14.4 Å². The minimum absolute atomic E-state index is 0.312. The Balaban J connectivity index is 1.50. The number of anilines is 3. The van der Waals surface area contributed by atoms with Crippen molar-refractivity contribution in [3.8, 4) is 0 Å². The Morgan fingerprint density at radius 1 is 0.622 bits per heavy atom. The molecular weight excluding hydrogens is 470 g/mol. The first kappa shape index (κ1) is 23.4. The largest absolute Gasteiger partial charge is 0.465 e. The first-order chi connectivity index (χ1) is 18.0. The number of nitrogens with zero attached hydrogens (tertiary/aromatic N) is 2. The first-order valence-electron chi connectivity index (χ1n) is 11.4. The molecule has 0 aliphatic carbocycles. The minimum Gasteiger partial charge on any atom is -0.465 e. The Bertz CT molecular complexity index is 1530. The number of carbonyl (C=O) groups excluding carboxylic acids is 2. The summed E-state index contributed by atoms with van der Waals surface area (Å²) >= 11 is 0. The number of fused-ring (bicyclic) bond motifs is 2. The van der Waals surface area contributed by atoms with Crippen molar-refractivity contribution >= 4 is 56.8 Å². The Hall–Kier alpha value is -5.31. The van der Waals surface area contributed by atoms with E-state index in [1.807, 2.05) is 24.3 Å². The molecule has 0 aliphatic rings. The lowest BCUT2D eigenvalue weighted by molar-refractivity contribution is -0.125. The van der Waals surface area contributed by atoms with Gasteiger partial charge in [-0.15, -0.1) is 0 Å². The lowest BCUT2D eigenvalue weighted by Crippen LogP contribution is -2.32. The number of amides is 3. The van der Waals surface area contributed by atoms with E-state index < -0.39 is 23.8 Å². The highest BCUT2D eigenvalue weighted by molar-refractivity contribution is 6.17. The van der Waals surface area contributed by atoms with Gasteiger partial charge in [0.2, 0.25) is 11.8 Å². The van der Waals surface area contributed by atoms with Gasteiger partial charge in [0.1, 0.15) is 5.92 Å². The normalized spacial score (nSPS) is 10.8. The second-order valence-corrected chi connectivity index (χ2v) is 8.23. The number of hydrogen-bond acceptors (Lipinski definition) is 5. The van der Waals surface area contributed by atoms with Gasteiger partial charge in [0.25, 0.3) is 0 Å². The molecule has 0 unspecified atom stereocenters. The van der Waals surface area contributed by atoms with Crippen molar-refractivity contribution in [3.63, 3.8) is 0 Å². The number of carbonyl (C=O) groups is 3. The molecule has 0 atom stereocenters. The number of pyridine rings is 2. The van der Waals surface area contributed by atoms with Crippen LogP contribution in [-0.2, 0) is 9.59 Å². The van der Waals surface area contributed by atoms with Crippen molar-refractivity contribution in [1.29, 1.82) is 0 Å². The lowest BCUT2D eigenvalue weighted by Gasteiger charge is -2.19. The maximum Gasteiger partial charge on any atom is 0.409 e. The fraction of sp³-hybridized carbons (Fsp3) is 0.0357. The van der Waals surface area contributed by atoms with Gasteiger partial charge in [-0.05, 0) is 42.0 Å². The molecule has 2 heterocycles. The van der Waals surface area contributed by atoms with Crippen molar-refractivity contribution in [3.05, 3.63) is 103 Å². The molecule has 2 aromatic heterocycles. The Morgan fingerprint density at radius 3 is 1.59 bits per heavy atom. The highest BCUT2D eigenvalue weighted by Crippen LogP contribution is 2.27. The number of rotatable bonds is 6. The third-order valence-corrected chi connectivity index (χ3v) is 5.80. The molecule has 3 aromatic carbocycles. The van der Waals surface area contributed by atoms with Crippen LogP contribution in [0.15, 0.2) is 97.3 Å². The molecule has 182 valence electrons. The third kappa shape index (κ3) is 5.06. The van der Waals surface area contributed by atoms with Crippen molar-refractivity contribution in [2.45, 2.75) is 5.92 Å². The molecular formula is C28H21N5O4. The van der Waals surface area contributed by atoms with Crippen LogP contribution in [0, 0.1) is 0 Å². The van der Waals surface area contributed by atoms with Gasteiger partial charge < -0.3 is 15.7 Å². The highest BCUT2D eigenvalue weighted by Gasteiger charge is 2.30. The van der Waals surface area contributed by atoms with Crippen LogP contribution in [0.1, 0.15) is 11.5 Å². The number of benzene rings is 3. The number of aromatic nitrogens is 2. The molecule has 5 aromatic rings. The van der Waals surface area contributed by atoms with E-state index in [0.717, 1.165) is 10.8 Å². The molecule has 0 bridgehead atoms. The van der Waals surface area contributed by atoms with Crippen LogP contribution >= 0.6 is 0 Å². The van der Waals surface area contributed by atoms with Crippen molar-refractivity contribution < 1.29 is 19.5 Å². The number of para-hydroxylation sites is 2. The van der Waals surface area contributed by atoms with Gasteiger partial charge in [-0.25, -0.2) is 4.79 Å². The first-order valence-corrected chi connectivity index (χ1v) is 11.4. The van der Waals surface area contributed by atoms with Gasteiger partial charge in [0, 0.05) is 28.9 Å². The monoisotopic (exact) mass is 491 g/mol. The number of hydrogen-bond donors (Lipinski definition) is 4. The molecule has 0 saturated carbocycles. The average Bonchev–Trinajstić information content (AvgIpc) is 2.90. The topological polar surface area (TPSA) is 133 Å². The van der Waals surface area contributed by atoms with Gasteiger partial charge in [-0.2, -0.15) is 0 Å². The summed E-state index contributed by atoms with van der Waals surface area (Å²) in [5.74, 6) is -2.39. The summed E-state index contributed by atoms with van der Waals surface area (Å²) in [5, 5.41) is 18.6. The maximum absolute atomic E-state index is 13.6.